The monoisotopic (exact) mass is 368 g/mol. The molecule has 124 valence electrons. The molecule has 0 aliphatic carbocycles. The Hall–Kier alpha value is -2.84. The molecule has 3 aromatic heterocycles. The van der Waals surface area contributed by atoms with Crippen molar-refractivity contribution in [2.75, 3.05) is 5.32 Å². The quantitative estimate of drug-likeness (QED) is 0.574. The van der Waals surface area contributed by atoms with Gasteiger partial charge in [0.2, 0.25) is 0 Å². The van der Waals surface area contributed by atoms with Crippen LogP contribution >= 0.6 is 22.7 Å². The Morgan fingerprint density at radius 1 is 1.16 bits per heavy atom. The molecular weight excluding hydrogens is 356 g/mol. The molecule has 0 bridgehead atoms. The van der Waals surface area contributed by atoms with Crippen LogP contribution in [0, 0.1) is 6.92 Å². The van der Waals surface area contributed by atoms with Gasteiger partial charge in [0.15, 0.2) is 11.0 Å². The predicted molar refractivity (Wildman–Crippen MR) is 97.9 cm³/mol. The van der Waals surface area contributed by atoms with E-state index in [0.717, 1.165) is 10.4 Å². The number of aryl methyl sites for hydroxylation is 1. The smallest absolute Gasteiger partial charge is 0.270 e. The first kappa shape index (κ1) is 15.7. The molecule has 25 heavy (non-hydrogen) atoms. The standard InChI is InChI=1S/C17H12N4O2S2/c1-10-18-16(23-21-10)14-13(11-5-3-2-4-6-11)19-17(25-14)20-15(22)12-7-8-24-9-12/h2-9H,1H3,(H,19,20,22). The van der Waals surface area contributed by atoms with Gasteiger partial charge in [0, 0.05) is 10.9 Å². The summed E-state index contributed by atoms with van der Waals surface area (Å²) in [6.45, 7) is 1.76. The van der Waals surface area contributed by atoms with E-state index in [2.05, 4.69) is 20.4 Å². The molecule has 1 N–H and O–H groups in total. The molecule has 4 aromatic rings. The van der Waals surface area contributed by atoms with Gasteiger partial charge < -0.3 is 4.52 Å². The third-order valence-electron chi connectivity index (χ3n) is 3.40. The van der Waals surface area contributed by atoms with Crippen LogP contribution in [-0.4, -0.2) is 21.0 Å². The number of nitrogens with zero attached hydrogens (tertiary/aromatic N) is 3. The maximum Gasteiger partial charge on any atom is 0.270 e. The Kier molecular flexibility index (Phi) is 4.12. The van der Waals surface area contributed by atoms with Crippen molar-refractivity contribution in [2.24, 2.45) is 0 Å². The van der Waals surface area contributed by atoms with Gasteiger partial charge in [-0.25, -0.2) is 4.98 Å². The largest absolute Gasteiger partial charge is 0.333 e. The molecule has 0 unspecified atom stereocenters. The lowest BCUT2D eigenvalue weighted by Gasteiger charge is -1.98. The Labute approximate surface area is 151 Å². The van der Waals surface area contributed by atoms with Gasteiger partial charge in [0.1, 0.15) is 4.88 Å². The van der Waals surface area contributed by atoms with Crippen molar-refractivity contribution in [1.29, 1.82) is 0 Å². The lowest BCUT2D eigenvalue weighted by Crippen LogP contribution is -2.10. The van der Waals surface area contributed by atoms with Gasteiger partial charge in [0.25, 0.3) is 11.8 Å². The summed E-state index contributed by atoms with van der Waals surface area (Å²) in [6.07, 6.45) is 0. The number of hydrogen-bond donors (Lipinski definition) is 1. The second kappa shape index (κ2) is 6.58. The average Bonchev–Trinajstić information content (AvgIpc) is 3.35. The molecule has 0 atom stereocenters. The number of anilines is 1. The summed E-state index contributed by atoms with van der Waals surface area (Å²) in [5.41, 5.74) is 2.23. The number of amides is 1. The highest BCUT2D eigenvalue weighted by molar-refractivity contribution is 7.19. The first-order valence-electron chi connectivity index (χ1n) is 7.41. The number of carbonyl (C=O) groups excluding carboxylic acids is 1. The molecule has 0 spiro atoms. The lowest BCUT2D eigenvalue weighted by atomic mass is 10.1. The van der Waals surface area contributed by atoms with Crippen LogP contribution in [0.4, 0.5) is 5.13 Å². The molecule has 6 nitrogen and oxygen atoms in total. The van der Waals surface area contributed by atoms with Crippen LogP contribution in [0.5, 0.6) is 0 Å². The summed E-state index contributed by atoms with van der Waals surface area (Å²) >= 11 is 2.78. The van der Waals surface area contributed by atoms with Gasteiger partial charge in [-0.1, -0.05) is 46.8 Å². The van der Waals surface area contributed by atoms with Crippen molar-refractivity contribution < 1.29 is 9.32 Å². The van der Waals surface area contributed by atoms with E-state index in [1.807, 2.05) is 35.7 Å². The Bertz CT molecular complexity index is 1010. The van der Waals surface area contributed by atoms with Gasteiger partial charge in [-0.3, -0.25) is 10.1 Å². The molecule has 1 amide bonds. The zero-order valence-electron chi connectivity index (χ0n) is 13.1. The normalized spacial score (nSPS) is 10.8. The number of benzene rings is 1. The van der Waals surface area contributed by atoms with Crippen molar-refractivity contribution in [3.8, 4) is 22.0 Å². The average molecular weight is 368 g/mol. The van der Waals surface area contributed by atoms with Gasteiger partial charge in [-0.05, 0) is 18.4 Å². The second-order valence-corrected chi connectivity index (χ2v) is 6.95. The molecule has 3 heterocycles. The number of aromatic nitrogens is 3. The first-order valence-corrected chi connectivity index (χ1v) is 9.17. The van der Waals surface area contributed by atoms with Gasteiger partial charge in [0.05, 0.1) is 11.3 Å². The Morgan fingerprint density at radius 3 is 2.68 bits per heavy atom. The van der Waals surface area contributed by atoms with E-state index < -0.39 is 0 Å². The number of thiophene rings is 1. The second-order valence-electron chi connectivity index (χ2n) is 5.18. The first-order chi connectivity index (χ1) is 12.2. The van der Waals surface area contributed by atoms with Crippen LogP contribution < -0.4 is 5.32 Å². The van der Waals surface area contributed by atoms with Crippen LogP contribution in [-0.2, 0) is 0 Å². The summed E-state index contributed by atoms with van der Waals surface area (Å²) in [5.74, 6) is 0.749. The molecule has 0 saturated heterocycles. The SMILES string of the molecule is Cc1noc(-c2sc(NC(=O)c3ccsc3)nc2-c2ccccc2)n1. The fraction of sp³-hybridized carbons (Fsp3) is 0.0588. The fourth-order valence-electron chi connectivity index (χ4n) is 2.26. The van der Waals surface area contributed by atoms with Crippen LogP contribution in [0.25, 0.3) is 22.0 Å². The third-order valence-corrected chi connectivity index (χ3v) is 5.04. The summed E-state index contributed by atoms with van der Waals surface area (Å²) in [6, 6.07) is 11.5. The fourth-order valence-corrected chi connectivity index (χ4v) is 3.80. The molecule has 4 rings (SSSR count). The highest BCUT2D eigenvalue weighted by atomic mass is 32.1. The molecule has 0 fully saturated rings. The number of carbonyl (C=O) groups is 1. The van der Waals surface area contributed by atoms with E-state index in [4.69, 9.17) is 4.52 Å². The van der Waals surface area contributed by atoms with E-state index in [-0.39, 0.29) is 5.91 Å². The minimum absolute atomic E-state index is 0.192. The summed E-state index contributed by atoms with van der Waals surface area (Å²) in [5, 5.41) is 10.8. The van der Waals surface area contributed by atoms with Gasteiger partial charge >= 0.3 is 0 Å². The molecule has 0 saturated carbocycles. The number of thiazole rings is 1. The van der Waals surface area contributed by atoms with E-state index in [0.29, 0.717) is 28.1 Å². The maximum atomic E-state index is 12.3. The Morgan fingerprint density at radius 2 is 2.00 bits per heavy atom. The number of nitrogens with one attached hydrogen (secondary N) is 1. The van der Waals surface area contributed by atoms with Crippen LogP contribution in [0.15, 0.2) is 51.7 Å². The minimum Gasteiger partial charge on any atom is -0.333 e. The molecular formula is C17H12N4O2S2. The summed E-state index contributed by atoms with van der Waals surface area (Å²) < 4.78 is 5.30. The molecule has 1 aromatic carbocycles. The highest BCUT2D eigenvalue weighted by Crippen LogP contribution is 2.38. The van der Waals surface area contributed by atoms with Crippen molar-refractivity contribution >= 4 is 33.7 Å². The van der Waals surface area contributed by atoms with E-state index >= 15 is 0 Å². The van der Waals surface area contributed by atoms with Crippen LogP contribution in [0.3, 0.4) is 0 Å². The van der Waals surface area contributed by atoms with Crippen molar-refractivity contribution in [3.63, 3.8) is 0 Å². The zero-order valence-corrected chi connectivity index (χ0v) is 14.7. The van der Waals surface area contributed by atoms with Crippen molar-refractivity contribution in [2.45, 2.75) is 6.92 Å². The van der Waals surface area contributed by atoms with E-state index in [1.54, 1.807) is 18.4 Å². The molecule has 0 aliphatic heterocycles. The van der Waals surface area contributed by atoms with Gasteiger partial charge in [-0.2, -0.15) is 16.3 Å². The summed E-state index contributed by atoms with van der Waals surface area (Å²) in [4.78, 5) is 21.9. The summed E-state index contributed by atoms with van der Waals surface area (Å²) in [7, 11) is 0. The predicted octanol–water partition coefficient (Wildman–Crippen LogP) is 4.48. The highest BCUT2D eigenvalue weighted by Gasteiger charge is 2.21. The third kappa shape index (κ3) is 3.21. The minimum atomic E-state index is -0.192. The number of hydrogen-bond acceptors (Lipinski definition) is 7. The number of rotatable bonds is 4. The van der Waals surface area contributed by atoms with Crippen LogP contribution in [0.1, 0.15) is 16.2 Å². The van der Waals surface area contributed by atoms with Crippen LogP contribution in [0.2, 0.25) is 0 Å². The van der Waals surface area contributed by atoms with E-state index in [9.17, 15) is 4.79 Å². The molecule has 0 aliphatic rings. The zero-order chi connectivity index (χ0) is 17.2. The topological polar surface area (TPSA) is 80.9 Å². The van der Waals surface area contributed by atoms with Crippen molar-refractivity contribution in [3.05, 3.63) is 58.5 Å². The Balaban J connectivity index is 1.74. The maximum absolute atomic E-state index is 12.3. The van der Waals surface area contributed by atoms with E-state index in [1.165, 1.54) is 22.7 Å². The lowest BCUT2D eigenvalue weighted by molar-refractivity contribution is 0.102. The van der Waals surface area contributed by atoms with Gasteiger partial charge in [-0.15, -0.1) is 0 Å². The van der Waals surface area contributed by atoms with Crippen molar-refractivity contribution in [1.82, 2.24) is 15.1 Å². The molecule has 0 radical (unpaired) electrons. The molecule has 8 heteroatoms.